The van der Waals surface area contributed by atoms with Crippen molar-refractivity contribution in [3.8, 4) is 0 Å². The van der Waals surface area contributed by atoms with E-state index in [4.69, 9.17) is 4.99 Å². The average Bonchev–Trinajstić information content (AvgIpc) is 3.17. The zero-order valence-corrected chi connectivity index (χ0v) is 19.6. The third-order valence-corrected chi connectivity index (χ3v) is 5.98. The molecule has 160 valence electrons. The van der Waals surface area contributed by atoms with Crippen LogP contribution in [-0.2, 0) is 11.3 Å². The predicted molar refractivity (Wildman–Crippen MR) is 128 cm³/mol. The second kappa shape index (κ2) is 10.6. The molecule has 4 heterocycles. The van der Waals surface area contributed by atoms with Gasteiger partial charge in [-0.3, -0.25) is 14.6 Å². The Kier molecular flexibility index (Phi) is 8.14. The second-order valence-corrected chi connectivity index (χ2v) is 7.88. The maximum atomic E-state index is 11.9. The number of benzene rings is 1. The normalized spacial score (nSPS) is 26.4. The van der Waals surface area contributed by atoms with Gasteiger partial charge in [0.2, 0.25) is 5.91 Å². The lowest BCUT2D eigenvalue weighted by Gasteiger charge is -2.47. The molecule has 1 aromatic rings. The minimum Gasteiger partial charge on any atom is -0.357 e. The number of fused-ring (bicyclic) bond motifs is 3. The van der Waals surface area contributed by atoms with E-state index in [1.807, 2.05) is 17.0 Å². The first-order valence-corrected chi connectivity index (χ1v) is 10.6. The van der Waals surface area contributed by atoms with Gasteiger partial charge in [0.25, 0.3) is 0 Å². The van der Waals surface area contributed by atoms with E-state index in [0.29, 0.717) is 19.0 Å². The average molecular weight is 512 g/mol. The highest BCUT2D eigenvalue weighted by Gasteiger charge is 2.31. The number of guanidine groups is 1. The SMILES string of the molecule is CCNC(=NCc1ccc(N2CCCC2=O)cc1)NCC1CN2CCN1CC2.I. The van der Waals surface area contributed by atoms with Crippen LogP contribution in [0.15, 0.2) is 29.3 Å². The molecular weight excluding hydrogens is 479 g/mol. The number of anilines is 1. The third kappa shape index (κ3) is 5.61. The van der Waals surface area contributed by atoms with E-state index < -0.39 is 0 Å². The Labute approximate surface area is 190 Å². The largest absolute Gasteiger partial charge is 0.357 e. The van der Waals surface area contributed by atoms with Crippen LogP contribution in [0.2, 0.25) is 0 Å². The smallest absolute Gasteiger partial charge is 0.227 e. The Balaban J connectivity index is 0.00000240. The highest BCUT2D eigenvalue weighted by atomic mass is 127. The first-order valence-electron chi connectivity index (χ1n) is 10.6. The molecule has 1 aromatic carbocycles. The van der Waals surface area contributed by atoms with Crippen molar-refractivity contribution in [3.63, 3.8) is 0 Å². The number of nitrogens with zero attached hydrogens (tertiary/aromatic N) is 4. The molecular formula is C21H33IN6O. The fourth-order valence-electron chi connectivity index (χ4n) is 4.35. The number of amides is 1. The number of hydrogen-bond acceptors (Lipinski definition) is 4. The van der Waals surface area contributed by atoms with E-state index in [9.17, 15) is 4.79 Å². The summed E-state index contributed by atoms with van der Waals surface area (Å²) in [4.78, 5) is 23.7. The van der Waals surface area contributed by atoms with Crippen molar-refractivity contribution in [3.05, 3.63) is 29.8 Å². The molecule has 1 amide bonds. The lowest BCUT2D eigenvalue weighted by Crippen LogP contribution is -2.63. The standard InChI is InChI=1S/C21H32N6O.HI/c1-2-22-21(24-15-19-16-25-10-12-26(19)13-11-25)23-14-17-5-7-18(8-6-17)27-9-3-4-20(27)28;/h5-8,19H,2-4,9-16H2,1H3,(H2,22,23,24);1H. The minimum absolute atomic E-state index is 0. The molecule has 2 bridgehead atoms. The molecule has 4 fully saturated rings. The van der Waals surface area contributed by atoms with Gasteiger partial charge in [0.15, 0.2) is 5.96 Å². The van der Waals surface area contributed by atoms with Gasteiger partial charge in [-0.1, -0.05) is 12.1 Å². The zero-order valence-electron chi connectivity index (χ0n) is 17.3. The van der Waals surface area contributed by atoms with E-state index in [-0.39, 0.29) is 29.9 Å². The van der Waals surface area contributed by atoms with Gasteiger partial charge in [0, 0.05) is 70.5 Å². The number of aliphatic imine (C=N–C) groups is 1. The second-order valence-electron chi connectivity index (χ2n) is 7.88. The topological polar surface area (TPSA) is 63.2 Å². The molecule has 4 aliphatic heterocycles. The molecule has 0 spiro atoms. The summed E-state index contributed by atoms with van der Waals surface area (Å²) in [6.07, 6.45) is 1.62. The first kappa shape index (κ1) is 22.3. The first-order chi connectivity index (χ1) is 13.7. The highest BCUT2D eigenvalue weighted by Crippen LogP contribution is 2.21. The molecule has 0 aromatic heterocycles. The van der Waals surface area contributed by atoms with Crippen LogP contribution in [0.25, 0.3) is 0 Å². The molecule has 5 rings (SSSR count). The van der Waals surface area contributed by atoms with Crippen LogP contribution in [0.3, 0.4) is 0 Å². The van der Waals surface area contributed by atoms with Gasteiger partial charge in [-0.2, -0.15) is 0 Å². The molecule has 0 radical (unpaired) electrons. The van der Waals surface area contributed by atoms with Gasteiger partial charge in [0.1, 0.15) is 0 Å². The van der Waals surface area contributed by atoms with Crippen molar-refractivity contribution in [2.75, 3.05) is 57.3 Å². The Morgan fingerprint density at radius 3 is 2.45 bits per heavy atom. The summed E-state index contributed by atoms with van der Waals surface area (Å²) in [5.41, 5.74) is 2.15. The number of carbonyl (C=O) groups is 1. The molecule has 0 saturated carbocycles. The maximum absolute atomic E-state index is 11.9. The number of carbonyl (C=O) groups excluding carboxylic acids is 1. The zero-order chi connectivity index (χ0) is 19.3. The van der Waals surface area contributed by atoms with Gasteiger partial charge in [0.05, 0.1) is 6.54 Å². The van der Waals surface area contributed by atoms with E-state index >= 15 is 0 Å². The molecule has 1 unspecified atom stereocenters. The lowest BCUT2D eigenvalue weighted by molar-refractivity contribution is -0.117. The fraction of sp³-hybridized carbons (Fsp3) is 0.619. The van der Waals surface area contributed by atoms with Crippen LogP contribution in [0.5, 0.6) is 0 Å². The summed E-state index contributed by atoms with van der Waals surface area (Å²) >= 11 is 0. The van der Waals surface area contributed by atoms with Crippen molar-refractivity contribution in [2.45, 2.75) is 32.4 Å². The molecule has 0 aliphatic carbocycles. The summed E-state index contributed by atoms with van der Waals surface area (Å²) in [6, 6.07) is 8.80. The lowest BCUT2D eigenvalue weighted by atomic mass is 10.1. The van der Waals surface area contributed by atoms with Crippen molar-refractivity contribution >= 4 is 41.5 Å². The fourth-order valence-corrected chi connectivity index (χ4v) is 4.35. The molecule has 7 nitrogen and oxygen atoms in total. The molecule has 29 heavy (non-hydrogen) atoms. The van der Waals surface area contributed by atoms with Crippen LogP contribution >= 0.6 is 24.0 Å². The highest BCUT2D eigenvalue weighted by molar-refractivity contribution is 14.0. The summed E-state index contributed by atoms with van der Waals surface area (Å²) in [5.74, 6) is 1.10. The number of halogens is 1. The van der Waals surface area contributed by atoms with Crippen LogP contribution in [0.4, 0.5) is 5.69 Å². The van der Waals surface area contributed by atoms with Gasteiger partial charge < -0.3 is 15.5 Å². The Morgan fingerprint density at radius 2 is 1.86 bits per heavy atom. The monoisotopic (exact) mass is 512 g/mol. The van der Waals surface area contributed by atoms with Crippen molar-refractivity contribution in [1.29, 1.82) is 0 Å². The predicted octanol–water partition coefficient (Wildman–Crippen LogP) is 1.49. The minimum atomic E-state index is 0. The third-order valence-electron chi connectivity index (χ3n) is 5.98. The number of nitrogens with one attached hydrogen (secondary N) is 2. The van der Waals surface area contributed by atoms with Crippen LogP contribution < -0.4 is 15.5 Å². The molecule has 8 heteroatoms. The van der Waals surface area contributed by atoms with E-state index in [1.54, 1.807) is 0 Å². The van der Waals surface area contributed by atoms with Gasteiger partial charge in [-0.15, -0.1) is 24.0 Å². The Bertz CT molecular complexity index is 702. The van der Waals surface area contributed by atoms with E-state index in [2.05, 4.69) is 39.5 Å². The number of piperazine rings is 3. The molecule has 4 aliphatic rings. The number of rotatable bonds is 6. The van der Waals surface area contributed by atoms with Crippen LogP contribution in [0, 0.1) is 0 Å². The van der Waals surface area contributed by atoms with Crippen LogP contribution in [-0.4, -0.2) is 80.1 Å². The van der Waals surface area contributed by atoms with Gasteiger partial charge >= 0.3 is 0 Å². The maximum Gasteiger partial charge on any atom is 0.227 e. The molecule has 4 saturated heterocycles. The van der Waals surface area contributed by atoms with Crippen molar-refractivity contribution < 1.29 is 4.79 Å². The van der Waals surface area contributed by atoms with E-state index in [1.165, 1.54) is 26.2 Å². The summed E-state index contributed by atoms with van der Waals surface area (Å²) in [6.45, 7) is 11.3. The number of hydrogen-bond donors (Lipinski definition) is 2. The van der Waals surface area contributed by atoms with Crippen molar-refractivity contribution in [2.24, 2.45) is 4.99 Å². The summed E-state index contributed by atoms with van der Waals surface area (Å²) < 4.78 is 0. The Morgan fingerprint density at radius 1 is 1.10 bits per heavy atom. The summed E-state index contributed by atoms with van der Waals surface area (Å²) in [5, 5.41) is 6.88. The van der Waals surface area contributed by atoms with Gasteiger partial charge in [-0.25, -0.2) is 4.99 Å². The van der Waals surface area contributed by atoms with Gasteiger partial charge in [-0.05, 0) is 31.0 Å². The quantitative estimate of drug-likeness (QED) is 0.344. The molecule has 2 N–H and O–H groups in total. The summed E-state index contributed by atoms with van der Waals surface area (Å²) in [7, 11) is 0. The van der Waals surface area contributed by atoms with E-state index in [0.717, 1.165) is 49.8 Å². The molecule has 1 atom stereocenters. The van der Waals surface area contributed by atoms with Crippen LogP contribution in [0.1, 0.15) is 25.3 Å². The Hall–Kier alpha value is -1.39. The van der Waals surface area contributed by atoms with Crippen molar-refractivity contribution in [1.82, 2.24) is 20.4 Å².